The summed E-state index contributed by atoms with van der Waals surface area (Å²) in [4.78, 5) is 12.5. The minimum atomic E-state index is -0.286. The molecule has 0 spiro atoms. The largest absolute Gasteiger partial charge is 0.393 e. The predicted molar refractivity (Wildman–Crippen MR) is 88.7 cm³/mol. The molecular formula is C20H32O3. The molecule has 4 saturated carbocycles. The molecule has 4 fully saturated rings. The van der Waals surface area contributed by atoms with E-state index in [4.69, 9.17) is 0 Å². The Labute approximate surface area is 139 Å². The first-order chi connectivity index (χ1) is 10.8. The Balaban J connectivity index is 1.72. The van der Waals surface area contributed by atoms with Crippen LogP contribution in [0, 0.1) is 40.4 Å². The summed E-state index contributed by atoms with van der Waals surface area (Å²) in [6, 6.07) is 0. The number of aliphatic hydroxyl groups excluding tert-OH is 2. The second-order valence-electron chi connectivity index (χ2n) is 9.67. The number of fused-ring (bicyclic) bond motifs is 5. The molecule has 0 saturated heterocycles. The van der Waals surface area contributed by atoms with Crippen LogP contribution >= 0.6 is 0 Å². The lowest BCUT2D eigenvalue weighted by molar-refractivity contribution is -0.201. The molecule has 0 aromatic heterocycles. The molecule has 0 bridgehead atoms. The molecule has 0 aromatic carbocycles. The summed E-state index contributed by atoms with van der Waals surface area (Å²) in [7, 11) is 0. The SMILES string of the molecule is CC1CC(O)[C@@]2(C)C(C1)CC(O)C1C2CC[C@]2(C)C(=O)CCC12. The molecule has 3 nitrogen and oxygen atoms in total. The fourth-order valence-electron chi connectivity index (χ4n) is 7.32. The van der Waals surface area contributed by atoms with Crippen LogP contribution < -0.4 is 0 Å². The summed E-state index contributed by atoms with van der Waals surface area (Å²) < 4.78 is 0. The van der Waals surface area contributed by atoms with Gasteiger partial charge in [0.25, 0.3) is 0 Å². The Hall–Kier alpha value is -0.410. The quantitative estimate of drug-likeness (QED) is 0.721. The summed E-state index contributed by atoms with van der Waals surface area (Å²) in [6.45, 7) is 6.66. The van der Waals surface area contributed by atoms with Gasteiger partial charge in [0, 0.05) is 11.8 Å². The number of rotatable bonds is 0. The maximum Gasteiger partial charge on any atom is 0.139 e. The lowest BCUT2D eigenvalue weighted by Gasteiger charge is -2.62. The second-order valence-corrected chi connectivity index (χ2v) is 9.67. The number of hydrogen-bond acceptors (Lipinski definition) is 3. The zero-order valence-corrected chi connectivity index (χ0v) is 14.8. The Morgan fingerprint density at radius 3 is 2.52 bits per heavy atom. The molecule has 4 aliphatic rings. The van der Waals surface area contributed by atoms with E-state index in [0.29, 0.717) is 35.9 Å². The highest BCUT2D eigenvalue weighted by Crippen LogP contribution is 2.65. The number of carbonyl (C=O) groups is 1. The van der Waals surface area contributed by atoms with E-state index in [2.05, 4.69) is 20.8 Å². The van der Waals surface area contributed by atoms with Gasteiger partial charge in [0.2, 0.25) is 0 Å². The molecule has 2 N–H and O–H groups in total. The third-order valence-corrected chi connectivity index (χ3v) is 8.72. The van der Waals surface area contributed by atoms with Gasteiger partial charge in [0.15, 0.2) is 0 Å². The van der Waals surface area contributed by atoms with Crippen molar-refractivity contribution in [3.8, 4) is 0 Å². The van der Waals surface area contributed by atoms with Crippen molar-refractivity contribution in [1.29, 1.82) is 0 Å². The van der Waals surface area contributed by atoms with Crippen LogP contribution in [0.25, 0.3) is 0 Å². The topological polar surface area (TPSA) is 57.5 Å². The van der Waals surface area contributed by atoms with Crippen molar-refractivity contribution in [1.82, 2.24) is 0 Å². The van der Waals surface area contributed by atoms with Gasteiger partial charge in [0.1, 0.15) is 5.78 Å². The van der Waals surface area contributed by atoms with Gasteiger partial charge in [-0.2, -0.15) is 0 Å². The third kappa shape index (κ3) is 1.99. The van der Waals surface area contributed by atoms with Crippen molar-refractivity contribution in [3.63, 3.8) is 0 Å². The number of Topliss-reactive ketones (excluding diaryl/α,β-unsaturated/α-hetero) is 1. The van der Waals surface area contributed by atoms with Crippen LogP contribution in [0.15, 0.2) is 0 Å². The van der Waals surface area contributed by atoms with Crippen molar-refractivity contribution in [3.05, 3.63) is 0 Å². The smallest absolute Gasteiger partial charge is 0.139 e. The number of carbonyl (C=O) groups excluding carboxylic acids is 1. The second kappa shape index (κ2) is 5.05. The number of aliphatic hydroxyl groups is 2. The van der Waals surface area contributed by atoms with E-state index in [1.165, 1.54) is 0 Å². The normalized spacial score (nSPS) is 59.2. The van der Waals surface area contributed by atoms with Crippen LogP contribution in [0.5, 0.6) is 0 Å². The summed E-state index contributed by atoms with van der Waals surface area (Å²) in [5.41, 5.74) is -0.276. The highest BCUT2D eigenvalue weighted by molar-refractivity contribution is 5.87. The third-order valence-electron chi connectivity index (χ3n) is 8.72. The van der Waals surface area contributed by atoms with Gasteiger partial charge in [0.05, 0.1) is 12.2 Å². The van der Waals surface area contributed by atoms with Crippen LogP contribution in [0.1, 0.15) is 65.7 Å². The van der Waals surface area contributed by atoms with Gasteiger partial charge < -0.3 is 10.2 Å². The van der Waals surface area contributed by atoms with Gasteiger partial charge in [-0.3, -0.25) is 4.79 Å². The molecule has 0 aliphatic heterocycles. The monoisotopic (exact) mass is 320 g/mol. The molecule has 23 heavy (non-hydrogen) atoms. The maximum absolute atomic E-state index is 12.5. The van der Waals surface area contributed by atoms with Crippen LogP contribution in [0.2, 0.25) is 0 Å². The fourth-order valence-corrected chi connectivity index (χ4v) is 7.32. The number of ketones is 1. The Bertz CT molecular complexity index is 517. The lowest BCUT2D eigenvalue weighted by Crippen LogP contribution is -2.62. The van der Waals surface area contributed by atoms with Crippen molar-refractivity contribution in [2.24, 2.45) is 40.4 Å². The number of hydrogen-bond donors (Lipinski definition) is 2. The Kier molecular flexibility index (Phi) is 3.53. The first-order valence-corrected chi connectivity index (χ1v) is 9.68. The van der Waals surface area contributed by atoms with Crippen molar-refractivity contribution >= 4 is 5.78 Å². The van der Waals surface area contributed by atoms with Gasteiger partial charge >= 0.3 is 0 Å². The van der Waals surface area contributed by atoms with E-state index in [0.717, 1.165) is 38.5 Å². The zero-order chi connectivity index (χ0) is 16.6. The van der Waals surface area contributed by atoms with Crippen molar-refractivity contribution in [2.75, 3.05) is 0 Å². The minimum absolute atomic E-state index is 0.0661. The van der Waals surface area contributed by atoms with Gasteiger partial charge in [-0.1, -0.05) is 20.8 Å². The Morgan fingerprint density at radius 1 is 1.04 bits per heavy atom. The van der Waals surface area contributed by atoms with Crippen molar-refractivity contribution < 1.29 is 15.0 Å². The van der Waals surface area contributed by atoms with E-state index in [1.54, 1.807) is 0 Å². The molecule has 0 heterocycles. The van der Waals surface area contributed by atoms with Gasteiger partial charge in [-0.05, 0) is 73.5 Å². The predicted octanol–water partition coefficient (Wildman–Crippen LogP) is 3.18. The van der Waals surface area contributed by atoms with Gasteiger partial charge in [-0.25, -0.2) is 0 Å². The van der Waals surface area contributed by atoms with Crippen LogP contribution in [-0.4, -0.2) is 28.2 Å². The summed E-state index contributed by atoms with van der Waals surface area (Å²) in [5, 5.41) is 22.0. The van der Waals surface area contributed by atoms with E-state index < -0.39 is 0 Å². The molecule has 0 aromatic rings. The first kappa shape index (κ1) is 16.1. The molecule has 0 radical (unpaired) electrons. The molecule has 9 atom stereocenters. The molecule has 7 unspecified atom stereocenters. The van der Waals surface area contributed by atoms with Crippen molar-refractivity contribution in [2.45, 2.75) is 77.9 Å². The molecule has 0 amide bonds. The zero-order valence-electron chi connectivity index (χ0n) is 14.8. The fraction of sp³-hybridized carbons (Fsp3) is 0.950. The summed E-state index contributed by atoms with van der Waals surface area (Å²) in [6.07, 6.45) is 5.90. The molecule has 4 aliphatic carbocycles. The minimum Gasteiger partial charge on any atom is -0.393 e. The average molecular weight is 320 g/mol. The Morgan fingerprint density at radius 2 is 1.78 bits per heavy atom. The average Bonchev–Trinajstić information content (AvgIpc) is 2.78. The summed E-state index contributed by atoms with van der Waals surface area (Å²) >= 11 is 0. The first-order valence-electron chi connectivity index (χ1n) is 9.68. The maximum atomic E-state index is 12.5. The molecule has 130 valence electrons. The van der Waals surface area contributed by atoms with E-state index >= 15 is 0 Å². The highest BCUT2D eigenvalue weighted by atomic mass is 16.3. The van der Waals surface area contributed by atoms with E-state index in [-0.39, 0.29) is 29.0 Å². The standard InChI is InChI=1S/C20H32O3/c1-11-8-12-10-15(21)18-13-4-5-16(22)19(13,2)7-6-14(18)20(12,3)17(23)9-11/h11-15,17-18,21,23H,4-10H2,1-3H3/t11?,12?,13?,14?,15?,17?,18?,19-,20-/m0/s1. The molecular weight excluding hydrogens is 288 g/mol. The summed E-state index contributed by atoms with van der Waals surface area (Å²) in [5.74, 6) is 2.31. The van der Waals surface area contributed by atoms with E-state index in [9.17, 15) is 15.0 Å². The molecule has 4 rings (SSSR count). The van der Waals surface area contributed by atoms with Crippen LogP contribution in [0.3, 0.4) is 0 Å². The highest BCUT2D eigenvalue weighted by Gasteiger charge is 2.64. The lowest BCUT2D eigenvalue weighted by atomic mass is 9.43. The molecule has 3 heteroatoms. The van der Waals surface area contributed by atoms with Crippen LogP contribution in [-0.2, 0) is 4.79 Å². The van der Waals surface area contributed by atoms with Crippen LogP contribution in [0.4, 0.5) is 0 Å². The van der Waals surface area contributed by atoms with E-state index in [1.807, 2.05) is 0 Å². The van der Waals surface area contributed by atoms with Gasteiger partial charge in [-0.15, -0.1) is 0 Å².